The minimum absolute atomic E-state index is 0.0586. The highest BCUT2D eigenvalue weighted by atomic mass is 16.2. The lowest BCUT2D eigenvalue weighted by molar-refractivity contribution is 0.250. The Bertz CT molecular complexity index is 433. The Morgan fingerprint density at radius 1 is 1.39 bits per heavy atom. The summed E-state index contributed by atoms with van der Waals surface area (Å²) < 4.78 is 0. The Morgan fingerprint density at radius 2 is 2.00 bits per heavy atom. The summed E-state index contributed by atoms with van der Waals surface area (Å²) in [6.07, 6.45) is 0. The quantitative estimate of drug-likeness (QED) is 0.754. The number of anilines is 1. The van der Waals surface area contributed by atoms with E-state index in [4.69, 9.17) is 11.0 Å². The van der Waals surface area contributed by atoms with Crippen LogP contribution in [0.25, 0.3) is 0 Å². The van der Waals surface area contributed by atoms with E-state index in [2.05, 4.69) is 10.6 Å². The maximum Gasteiger partial charge on any atom is 0.319 e. The van der Waals surface area contributed by atoms with Gasteiger partial charge in [-0.25, -0.2) is 4.79 Å². The van der Waals surface area contributed by atoms with E-state index in [0.717, 1.165) is 0 Å². The van der Waals surface area contributed by atoms with Crippen molar-refractivity contribution >= 4 is 11.7 Å². The third-order valence-corrected chi connectivity index (χ3v) is 2.63. The van der Waals surface area contributed by atoms with Gasteiger partial charge < -0.3 is 16.4 Å². The van der Waals surface area contributed by atoms with Gasteiger partial charge in [0.15, 0.2) is 0 Å². The third kappa shape index (κ3) is 4.44. The van der Waals surface area contributed by atoms with Crippen LogP contribution in [0.3, 0.4) is 0 Å². The highest BCUT2D eigenvalue weighted by molar-refractivity contribution is 5.89. The van der Waals surface area contributed by atoms with E-state index in [1.165, 1.54) is 0 Å². The van der Waals surface area contributed by atoms with Gasteiger partial charge in [0.2, 0.25) is 0 Å². The van der Waals surface area contributed by atoms with E-state index in [-0.39, 0.29) is 12.1 Å². The summed E-state index contributed by atoms with van der Waals surface area (Å²) in [5, 5.41) is 14.0. The zero-order chi connectivity index (χ0) is 13.5. The number of amides is 2. The van der Waals surface area contributed by atoms with Crippen LogP contribution in [-0.2, 0) is 0 Å². The first-order valence-electron chi connectivity index (χ1n) is 5.83. The van der Waals surface area contributed by atoms with Gasteiger partial charge in [-0.3, -0.25) is 0 Å². The van der Waals surface area contributed by atoms with Gasteiger partial charge in [-0.1, -0.05) is 13.8 Å². The molecule has 0 heterocycles. The molecule has 5 heteroatoms. The average molecular weight is 246 g/mol. The van der Waals surface area contributed by atoms with Crippen molar-refractivity contribution in [2.75, 3.05) is 11.9 Å². The molecule has 18 heavy (non-hydrogen) atoms. The van der Waals surface area contributed by atoms with E-state index < -0.39 is 0 Å². The summed E-state index contributed by atoms with van der Waals surface area (Å²) >= 11 is 0. The number of carbonyl (C=O) groups is 1. The minimum Gasteiger partial charge on any atom is -0.336 e. The number of nitriles is 1. The molecule has 2 amide bonds. The van der Waals surface area contributed by atoms with Gasteiger partial charge in [0.25, 0.3) is 0 Å². The molecule has 0 aliphatic rings. The molecule has 1 aromatic rings. The summed E-state index contributed by atoms with van der Waals surface area (Å²) in [6.45, 7) is 4.44. The molecule has 0 aromatic heterocycles. The third-order valence-electron chi connectivity index (χ3n) is 2.63. The molecule has 0 bridgehead atoms. The van der Waals surface area contributed by atoms with E-state index in [1.54, 1.807) is 24.3 Å². The van der Waals surface area contributed by atoms with E-state index in [0.29, 0.717) is 23.7 Å². The van der Waals surface area contributed by atoms with Gasteiger partial charge >= 0.3 is 6.03 Å². The van der Waals surface area contributed by atoms with Crippen molar-refractivity contribution in [1.82, 2.24) is 5.32 Å². The smallest absolute Gasteiger partial charge is 0.319 e. The molecule has 0 aliphatic carbocycles. The molecule has 1 atom stereocenters. The number of carbonyl (C=O) groups excluding carboxylic acids is 1. The standard InChI is InChI=1S/C13H18N4O/c1-9(2)12(15)8-16-13(18)17-11-5-3-10(7-14)4-6-11/h3-6,9,12H,8,15H2,1-2H3,(H2,16,17,18). The van der Waals surface area contributed by atoms with E-state index >= 15 is 0 Å². The van der Waals surface area contributed by atoms with Gasteiger partial charge in [0.05, 0.1) is 11.6 Å². The maximum absolute atomic E-state index is 11.6. The largest absolute Gasteiger partial charge is 0.336 e. The molecule has 4 N–H and O–H groups in total. The Labute approximate surface area is 107 Å². The van der Waals surface area contributed by atoms with Gasteiger partial charge in [-0.2, -0.15) is 5.26 Å². The van der Waals surface area contributed by atoms with Crippen molar-refractivity contribution in [1.29, 1.82) is 5.26 Å². The lowest BCUT2D eigenvalue weighted by Crippen LogP contribution is -2.42. The fourth-order valence-electron chi connectivity index (χ4n) is 1.25. The lowest BCUT2D eigenvalue weighted by Gasteiger charge is -2.16. The average Bonchev–Trinajstić information content (AvgIpc) is 2.36. The number of nitrogens with two attached hydrogens (primary N) is 1. The topological polar surface area (TPSA) is 90.9 Å². The van der Waals surface area contributed by atoms with Crippen LogP contribution in [0.15, 0.2) is 24.3 Å². The fourth-order valence-corrected chi connectivity index (χ4v) is 1.25. The summed E-state index contributed by atoms with van der Waals surface area (Å²) in [7, 11) is 0. The Kier molecular flexibility index (Phi) is 5.15. The molecule has 0 fully saturated rings. The van der Waals surface area contributed by atoms with Gasteiger partial charge in [0, 0.05) is 18.3 Å². The van der Waals surface area contributed by atoms with Gasteiger partial charge in [0.1, 0.15) is 0 Å². The second kappa shape index (κ2) is 6.62. The number of nitrogens with zero attached hydrogens (tertiary/aromatic N) is 1. The summed E-state index contributed by atoms with van der Waals surface area (Å²) in [5.41, 5.74) is 7.02. The number of hydrogen-bond donors (Lipinski definition) is 3. The van der Waals surface area contributed by atoms with Crippen LogP contribution in [0.5, 0.6) is 0 Å². The van der Waals surface area contributed by atoms with Crippen molar-refractivity contribution in [3.05, 3.63) is 29.8 Å². The second-order valence-corrected chi connectivity index (χ2v) is 4.43. The van der Waals surface area contributed by atoms with Crippen molar-refractivity contribution in [2.24, 2.45) is 11.7 Å². The fraction of sp³-hybridized carbons (Fsp3) is 0.385. The first-order chi connectivity index (χ1) is 8.52. The summed E-state index contributed by atoms with van der Waals surface area (Å²) in [6, 6.07) is 8.32. The first kappa shape index (κ1) is 14.0. The number of nitrogens with one attached hydrogen (secondary N) is 2. The van der Waals surface area contributed by atoms with Crippen LogP contribution in [0.4, 0.5) is 10.5 Å². The van der Waals surface area contributed by atoms with Crippen molar-refractivity contribution in [2.45, 2.75) is 19.9 Å². The van der Waals surface area contributed by atoms with Crippen LogP contribution < -0.4 is 16.4 Å². The Hall–Kier alpha value is -2.06. The van der Waals surface area contributed by atoms with Crippen LogP contribution in [0.1, 0.15) is 19.4 Å². The maximum atomic E-state index is 11.6. The number of urea groups is 1. The zero-order valence-corrected chi connectivity index (χ0v) is 10.6. The molecule has 0 spiro atoms. The molecule has 1 rings (SSSR count). The molecule has 0 aliphatic heterocycles. The number of benzene rings is 1. The number of rotatable bonds is 4. The van der Waals surface area contributed by atoms with Crippen LogP contribution in [-0.4, -0.2) is 18.6 Å². The summed E-state index contributed by atoms with van der Waals surface area (Å²) in [5.74, 6) is 0.320. The predicted octanol–water partition coefficient (Wildman–Crippen LogP) is 1.66. The molecular formula is C13H18N4O. The van der Waals surface area contributed by atoms with Crippen molar-refractivity contribution in [3.8, 4) is 6.07 Å². The Morgan fingerprint density at radius 3 is 2.50 bits per heavy atom. The zero-order valence-electron chi connectivity index (χ0n) is 10.6. The van der Waals surface area contributed by atoms with Crippen LogP contribution in [0.2, 0.25) is 0 Å². The van der Waals surface area contributed by atoms with Crippen molar-refractivity contribution in [3.63, 3.8) is 0 Å². The molecule has 96 valence electrons. The normalized spacial score (nSPS) is 11.7. The minimum atomic E-state index is -0.296. The second-order valence-electron chi connectivity index (χ2n) is 4.43. The molecule has 0 saturated heterocycles. The summed E-state index contributed by atoms with van der Waals surface area (Å²) in [4.78, 5) is 11.6. The van der Waals surface area contributed by atoms with Crippen LogP contribution in [0, 0.1) is 17.2 Å². The molecule has 0 radical (unpaired) electrons. The molecule has 5 nitrogen and oxygen atoms in total. The van der Waals surface area contributed by atoms with Gasteiger partial charge in [-0.05, 0) is 30.2 Å². The Balaban J connectivity index is 2.42. The lowest BCUT2D eigenvalue weighted by atomic mass is 10.1. The SMILES string of the molecule is CC(C)C(N)CNC(=O)Nc1ccc(C#N)cc1. The van der Waals surface area contributed by atoms with E-state index in [1.807, 2.05) is 19.9 Å². The number of hydrogen-bond acceptors (Lipinski definition) is 3. The van der Waals surface area contributed by atoms with Gasteiger partial charge in [-0.15, -0.1) is 0 Å². The predicted molar refractivity (Wildman–Crippen MR) is 71.0 cm³/mol. The molecule has 0 saturated carbocycles. The molecule has 1 unspecified atom stereocenters. The first-order valence-corrected chi connectivity index (χ1v) is 5.83. The molecular weight excluding hydrogens is 228 g/mol. The van der Waals surface area contributed by atoms with E-state index in [9.17, 15) is 4.79 Å². The van der Waals surface area contributed by atoms with Crippen LogP contribution >= 0.6 is 0 Å². The monoisotopic (exact) mass is 246 g/mol. The highest BCUT2D eigenvalue weighted by Crippen LogP contribution is 2.08. The molecule has 1 aromatic carbocycles. The van der Waals surface area contributed by atoms with Crippen molar-refractivity contribution < 1.29 is 4.79 Å². The highest BCUT2D eigenvalue weighted by Gasteiger charge is 2.09.